The number of hydrogen-bond acceptors (Lipinski definition) is 2. The van der Waals surface area contributed by atoms with Gasteiger partial charge in [0.05, 0.1) is 0 Å². The summed E-state index contributed by atoms with van der Waals surface area (Å²) in [7, 11) is 0. The topological polar surface area (TPSA) is 38.0 Å². The largest absolute Gasteiger partial charge is 0.324 e. The molecule has 0 saturated carbocycles. The zero-order valence-corrected chi connectivity index (χ0v) is 8.44. The zero-order chi connectivity index (χ0) is 9.07. The van der Waals surface area contributed by atoms with E-state index in [-0.39, 0.29) is 5.54 Å². The molecule has 68 valence electrons. The Hall–Kier alpha value is -0.0800. The molecule has 0 spiro atoms. The predicted molar refractivity (Wildman–Crippen MR) is 50.6 cm³/mol. The summed E-state index contributed by atoms with van der Waals surface area (Å²) in [6, 6.07) is 0.935. The van der Waals surface area contributed by atoms with E-state index in [2.05, 4.69) is 26.1 Å². The molecule has 2 unspecified atom stereocenters. The number of hydrogen-bond donors (Lipinski definition) is 2. The van der Waals surface area contributed by atoms with Gasteiger partial charge < -0.3 is 11.1 Å². The van der Waals surface area contributed by atoms with Crippen molar-refractivity contribution < 1.29 is 0 Å². The van der Waals surface area contributed by atoms with Crippen LogP contribution in [0.1, 0.15) is 41.0 Å². The van der Waals surface area contributed by atoms with Crippen molar-refractivity contribution in [3.05, 3.63) is 0 Å². The fourth-order valence-corrected chi connectivity index (χ4v) is 0.759. The molecule has 0 aromatic heterocycles. The highest BCUT2D eigenvalue weighted by Gasteiger charge is 2.20. The van der Waals surface area contributed by atoms with Gasteiger partial charge in [-0.15, -0.1) is 0 Å². The second-order valence-electron chi connectivity index (χ2n) is 4.02. The number of nitrogens with one attached hydrogen (secondary N) is 1. The summed E-state index contributed by atoms with van der Waals surface area (Å²) in [4.78, 5) is 0. The molecule has 3 N–H and O–H groups in total. The van der Waals surface area contributed by atoms with Gasteiger partial charge >= 0.3 is 0 Å². The standard InChI is InChI=1S/C9H22N2/c1-6-7(2)11-8(3)9(4,5)10/h7-8,11H,6,10H2,1-5H3. The fourth-order valence-electron chi connectivity index (χ4n) is 0.759. The van der Waals surface area contributed by atoms with Crippen molar-refractivity contribution in [2.24, 2.45) is 5.73 Å². The van der Waals surface area contributed by atoms with Gasteiger partial charge in [-0.05, 0) is 34.1 Å². The van der Waals surface area contributed by atoms with Crippen LogP contribution in [0, 0.1) is 0 Å². The fraction of sp³-hybridized carbons (Fsp3) is 1.00. The van der Waals surface area contributed by atoms with E-state index < -0.39 is 0 Å². The molecule has 0 saturated heterocycles. The minimum absolute atomic E-state index is 0.122. The molecule has 0 aliphatic heterocycles. The van der Waals surface area contributed by atoms with Crippen molar-refractivity contribution in [1.82, 2.24) is 5.32 Å². The monoisotopic (exact) mass is 158 g/mol. The maximum absolute atomic E-state index is 5.92. The number of nitrogens with two attached hydrogens (primary N) is 1. The lowest BCUT2D eigenvalue weighted by Crippen LogP contribution is -2.53. The van der Waals surface area contributed by atoms with Crippen LogP contribution in [-0.4, -0.2) is 17.6 Å². The Morgan fingerprint density at radius 2 is 1.82 bits per heavy atom. The van der Waals surface area contributed by atoms with Crippen molar-refractivity contribution in [3.8, 4) is 0 Å². The highest BCUT2D eigenvalue weighted by Crippen LogP contribution is 2.05. The van der Waals surface area contributed by atoms with Crippen LogP contribution in [0.5, 0.6) is 0 Å². The third-order valence-electron chi connectivity index (χ3n) is 2.26. The molecule has 2 atom stereocenters. The van der Waals surface area contributed by atoms with Gasteiger partial charge in [0.1, 0.15) is 0 Å². The third-order valence-corrected chi connectivity index (χ3v) is 2.26. The van der Waals surface area contributed by atoms with Gasteiger partial charge in [-0.2, -0.15) is 0 Å². The quantitative estimate of drug-likeness (QED) is 0.650. The van der Waals surface area contributed by atoms with Crippen molar-refractivity contribution in [2.45, 2.75) is 58.7 Å². The van der Waals surface area contributed by atoms with Crippen LogP contribution in [0.3, 0.4) is 0 Å². The lowest BCUT2D eigenvalue weighted by molar-refractivity contribution is 0.331. The summed E-state index contributed by atoms with van der Waals surface area (Å²) >= 11 is 0. The van der Waals surface area contributed by atoms with Gasteiger partial charge in [0, 0.05) is 17.6 Å². The third kappa shape index (κ3) is 4.38. The normalized spacial score (nSPS) is 18.0. The summed E-state index contributed by atoms with van der Waals surface area (Å²) < 4.78 is 0. The van der Waals surface area contributed by atoms with E-state index in [0.717, 1.165) is 6.42 Å². The van der Waals surface area contributed by atoms with E-state index in [1.54, 1.807) is 0 Å². The summed E-state index contributed by atoms with van der Waals surface area (Å²) in [5.74, 6) is 0. The first-order valence-electron chi connectivity index (χ1n) is 4.42. The molecule has 0 heterocycles. The molecule has 0 aromatic carbocycles. The molecule has 2 heteroatoms. The van der Waals surface area contributed by atoms with E-state index in [1.165, 1.54) is 0 Å². The average molecular weight is 158 g/mol. The second kappa shape index (κ2) is 4.07. The van der Waals surface area contributed by atoms with E-state index in [4.69, 9.17) is 5.73 Å². The summed E-state index contributed by atoms with van der Waals surface area (Å²) in [5, 5.41) is 3.44. The Labute approximate surface area is 70.5 Å². The molecule has 2 nitrogen and oxygen atoms in total. The Morgan fingerprint density at radius 1 is 1.36 bits per heavy atom. The van der Waals surface area contributed by atoms with Gasteiger partial charge in [-0.25, -0.2) is 0 Å². The first kappa shape index (κ1) is 10.9. The molecule has 0 aliphatic carbocycles. The van der Waals surface area contributed by atoms with Gasteiger partial charge in [0.15, 0.2) is 0 Å². The molecule has 0 radical (unpaired) electrons. The zero-order valence-electron chi connectivity index (χ0n) is 8.44. The molecule has 0 aromatic rings. The highest BCUT2D eigenvalue weighted by atomic mass is 15.0. The van der Waals surface area contributed by atoms with Crippen molar-refractivity contribution in [1.29, 1.82) is 0 Å². The second-order valence-corrected chi connectivity index (χ2v) is 4.02. The Bertz CT molecular complexity index is 105. The lowest BCUT2D eigenvalue weighted by atomic mass is 9.97. The Balaban J connectivity index is 3.77. The van der Waals surface area contributed by atoms with Crippen LogP contribution in [-0.2, 0) is 0 Å². The van der Waals surface area contributed by atoms with Crippen LogP contribution in [0.15, 0.2) is 0 Å². The average Bonchev–Trinajstić information content (AvgIpc) is 1.85. The van der Waals surface area contributed by atoms with Crippen molar-refractivity contribution in [3.63, 3.8) is 0 Å². The van der Waals surface area contributed by atoms with Crippen molar-refractivity contribution >= 4 is 0 Å². The van der Waals surface area contributed by atoms with Gasteiger partial charge in [0.25, 0.3) is 0 Å². The summed E-state index contributed by atoms with van der Waals surface area (Å²) in [5.41, 5.74) is 5.80. The molecule has 0 aliphatic rings. The minimum Gasteiger partial charge on any atom is -0.324 e. The van der Waals surface area contributed by atoms with E-state index >= 15 is 0 Å². The molecular weight excluding hydrogens is 136 g/mol. The first-order chi connectivity index (χ1) is 4.88. The Kier molecular flexibility index (Phi) is 4.04. The van der Waals surface area contributed by atoms with E-state index in [1.807, 2.05) is 13.8 Å². The predicted octanol–water partition coefficient (Wildman–Crippen LogP) is 1.50. The lowest BCUT2D eigenvalue weighted by Gasteiger charge is -2.30. The van der Waals surface area contributed by atoms with E-state index in [0.29, 0.717) is 12.1 Å². The van der Waals surface area contributed by atoms with Crippen LogP contribution in [0.25, 0.3) is 0 Å². The molecule has 0 amide bonds. The van der Waals surface area contributed by atoms with Crippen LogP contribution in [0.4, 0.5) is 0 Å². The summed E-state index contributed by atoms with van der Waals surface area (Å²) in [6.45, 7) is 10.6. The highest BCUT2D eigenvalue weighted by molar-refractivity contribution is 4.85. The maximum atomic E-state index is 5.92. The van der Waals surface area contributed by atoms with E-state index in [9.17, 15) is 0 Å². The van der Waals surface area contributed by atoms with Crippen LogP contribution < -0.4 is 11.1 Å². The molecule has 0 fully saturated rings. The van der Waals surface area contributed by atoms with Gasteiger partial charge in [0.2, 0.25) is 0 Å². The number of rotatable bonds is 4. The summed E-state index contributed by atoms with van der Waals surface area (Å²) in [6.07, 6.45) is 1.15. The van der Waals surface area contributed by atoms with Crippen LogP contribution >= 0.6 is 0 Å². The van der Waals surface area contributed by atoms with Gasteiger partial charge in [-0.3, -0.25) is 0 Å². The smallest absolute Gasteiger partial charge is 0.0250 e. The molecule has 0 rings (SSSR count). The van der Waals surface area contributed by atoms with Crippen LogP contribution in [0.2, 0.25) is 0 Å². The maximum Gasteiger partial charge on any atom is 0.0250 e. The SMILES string of the molecule is CCC(C)NC(C)C(C)(C)N. The van der Waals surface area contributed by atoms with Gasteiger partial charge in [-0.1, -0.05) is 6.92 Å². The minimum atomic E-state index is -0.122. The Morgan fingerprint density at radius 3 is 2.09 bits per heavy atom. The molecule has 11 heavy (non-hydrogen) atoms. The molecular formula is C9H22N2. The molecule has 0 bridgehead atoms. The van der Waals surface area contributed by atoms with Crippen molar-refractivity contribution in [2.75, 3.05) is 0 Å². The first-order valence-corrected chi connectivity index (χ1v) is 4.42.